The Morgan fingerprint density at radius 2 is 2.18 bits per heavy atom. The third-order valence-electron chi connectivity index (χ3n) is 3.11. The molecular weight excluding hydrogens is 302 g/mol. The van der Waals surface area contributed by atoms with E-state index in [0.29, 0.717) is 32.0 Å². The van der Waals surface area contributed by atoms with Gasteiger partial charge in [0.15, 0.2) is 0 Å². The number of aromatic nitrogens is 1. The molecule has 2 unspecified atom stereocenters. The number of hydrogen-bond acceptors (Lipinski definition) is 4. The van der Waals surface area contributed by atoms with Crippen LogP contribution in [0.2, 0.25) is 0 Å². The molecule has 0 aromatic carbocycles. The minimum atomic E-state index is -0.855. The summed E-state index contributed by atoms with van der Waals surface area (Å²) in [7, 11) is -0.855. The Balaban J connectivity index is 2.24. The van der Waals surface area contributed by atoms with E-state index >= 15 is 0 Å². The van der Waals surface area contributed by atoms with Gasteiger partial charge in [-0.3, -0.25) is 4.21 Å². The van der Waals surface area contributed by atoms with Gasteiger partial charge >= 0.3 is 6.03 Å². The minimum Gasteiger partial charge on any atom is -0.478 e. The number of rotatable bonds is 9. The van der Waals surface area contributed by atoms with Crippen molar-refractivity contribution in [2.75, 3.05) is 19.4 Å². The smallest absolute Gasteiger partial charge is 0.315 e. The third-order valence-corrected chi connectivity index (χ3v) is 4.48. The zero-order chi connectivity index (χ0) is 16.4. The highest BCUT2D eigenvalue weighted by atomic mass is 32.2. The van der Waals surface area contributed by atoms with Crippen molar-refractivity contribution in [3.05, 3.63) is 23.9 Å². The molecule has 0 spiro atoms. The molecule has 1 heterocycles. The van der Waals surface area contributed by atoms with Gasteiger partial charge in [0.2, 0.25) is 5.88 Å². The van der Waals surface area contributed by atoms with Gasteiger partial charge in [0, 0.05) is 47.7 Å². The summed E-state index contributed by atoms with van der Waals surface area (Å²) < 4.78 is 16.6. The van der Waals surface area contributed by atoms with Crippen LogP contribution >= 0.6 is 0 Å². The molecule has 6 nitrogen and oxygen atoms in total. The molecule has 124 valence electrons. The molecule has 0 saturated heterocycles. The minimum absolute atomic E-state index is 0.0835. The summed E-state index contributed by atoms with van der Waals surface area (Å²) in [5.74, 6) is 0.594. The second-order valence-electron chi connectivity index (χ2n) is 5.06. The summed E-state index contributed by atoms with van der Waals surface area (Å²) in [5.41, 5.74) is 0.905. The number of carbonyl (C=O) groups excluding carboxylic acids is 1. The van der Waals surface area contributed by atoms with Gasteiger partial charge in [-0.05, 0) is 18.4 Å². The maximum atomic E-state index is 11.6. The van der Waals surface area contributed by atoms with E-state index in [2.05, 4.69) is 15.6 Å². The highest BCUT2D eigenvalue weighted by Crippen LogP contribution is 2.07. The highest BCUT2D eigenvalue weighted by Gasteiger charge is 2.07. The number of ether oxygens (including phenoxy) is 1. The Bertz CT molecular complexity index is 479. The predicted octanol–water partition coefficient (Wildman–Crippen LogP) is 1.83. The van der Waals surface area contributed by atoms with Crippen molar-refractivity contribution in [1.29, 1.82) is 0 Å². The number of urea groups is 1. The van der Waals surface area contributed by atoms with Crippen LogP contribution in [0.15, 0.2) is 18.3 Å². The Morgan fingerprint density at radius 1 is 1.41 bits per heavy atom. The second kappa shape index (κ2) is 10.2. The fraction of sp³-hybridized carbons (Fsp3) is 0.600. The average molecular weight is 327 g/mol. The van der Waals surface area contributed by atoms with Gasteiger partial charge in [-0.25, -0.2) is 9.78 Å². The zero-order valence-electron chi connectivity index (χ0n) is 13.4. The molecule has 0 bridgehead atoms. The summed E-state index contributed by atoms with van der Waals surface area (Å²) >= 11 is 0. The van der Waals surface area contributed by atoms with Crippen LogP contribution in [0, 0.1) is 0 Å². The van der Waals surface area contributed by atoms with Gasteiger partial charge in [-0.1, -0.05) is 19.9 Å². The first-order chi connectivity index (χ1) is 10.5. The number of pyridine rings is 1. The van der Waals surface area contributed by atoms with Crippen LogP contribution in [0.25, 0.3) is 0 Å². The van der Waals surface area contributed by atoms with Crippen molar-refractivity contribution < 1.29 is 13.7 Å². The number of hydrogen-bond donors (Lipinski definition) is 2. The quantitative estimate of drug-likeness (QED) is 0.725. The Labute approximate surface area is 134 Å². The van der Waals surface area contributed by atoms with E-state index in [4.69, 9.17) is 4.74 Å². The van der Waals surface area contributed by atoms with Crippen molar-refractivity contribution in [1.82, 2.24) is 15.6 Å². The largest absolute Gasteiger partial charge is 0.478 e. The Kier molecular flexibility index (Phi) is 8.50. The lowest BCUT2D eigenvalue weighted by atomic mass is 10.3. The number of nitrogens with zero attached hydrogens (tertiary/aromatic N) is 1. The SMILES string of the molecule is CCCOc1ccc(CNC(=O)NCCC(C)S(C)=O)cn1. The van der Waals surface area contributed by atoms with Crippen LogP contribution in [-0.2, 0) is 17.3 Å². The van der Waals surface area contributed by atoms with E-state index in [9.17, 15) is 9.00 Å². The summed E-state index contributed by atoms with van der Waals surface area (Å²) in [6.45, 7) is 5.50. The molecule has 2 atom stereocenters. The van der Waals surface area contributed by atoms with Crippen molar-refractivity contribution in [3.63, 3.8) is 0 Å². The average Bonchev–Trinajstić information content (AvgIpc) is 2.51. The molecule has 0 fully saturated rings. The van der Waals surface area contributed by atoms with Crippen LogP contribution in [0.1, 0.15) is 32.3 Å². The van der Waals surface area contributed by atoms with Gasteiger partial charge in [0.05, 0.1) is 6.61 Å². The molecule has 0 radical (unpaired) electrons. The van der Waals surface area contributed by atoms with Crippen LogP contribution in [0.4, 0.5) is 4.79 Å². The lowest BCUT2D eigenvalue weighted by molar-refractivity contribution is 0.240. The van der Waals surface area contributed by atoms with E-state index in [0.717, 1.165) is 12.0 Å². The van der Waals surface area contributed by atoms with Gasteiger partial charge in [-0.15, -0.1) is 0 Å². The summed E-state index contributed by atoms with van der Waals surface area (Å²) in [6, 6.07) is 3.43. The molecule has 1 rings (SSSR count). The van der Waals surface area contributed by atoms with Crippen LogP contribution in [-0.4, -0.2) is 39.9 Å². The summed E-state index contributed by atoms with van der Waals surface area (Å²) in [6.07, 6.45) is 5.00. The van der Waals surface area contributed by atoms with Crippen molar-refractivity contribution in [2.24, 2.45) is 0 Å². The van der Waals surface area contributed by atoms with Gasteiger partial charge < -0.3 is 15.4 Å². The fourth-order valence-corrected chi connectivity index (χ4v) is 2.06. The monoisotopic (exact) mass is 327 g/mol. The molecule has 2 N–H and O–H groups in total. The Hall–Kier alpha value is -1.63. The second-order valence-corrected chi connectivity index (χ2v) is 6.86. The molecule has 0 aliphatic rings. The number of carbonyl (C=O) groups is 1. The molecular formula is C15H25N3O3S. The standard InChI is InChI=1S/C15H25N3O3S/c1-4-9-21-14-6-5-13(10-17-14)11-18-15(19)16-8-7-12(2)22(3)20/h5-6,10,12H,4,7-9,11H2,1-3H3,(H2,16,18,19). The van der Waals surface area contributed by atoms with E-state index in [-0.39, 0.29) is 11.3 Å². The third kappa shape index (κ3) is 7.40. The molecule has 22 heavy (non-hydrogen) atoms. The summed E-state index contributed by atoms with van der Waals surface area (Å²) in [5, 5.41) is 5.59. The topological polar surface area (TPSA) is 80.3 Å². The first-order valence-corrected chi connectivity index (χ1v) is 9.06. The maximum absolute atomic E-state index is 11.6. The first kappa shape index (κ1) is 18.4. The molecule has 7 heteroatoms. The van der Waals surface area contributed by atoms with Crippen molar-refractivity contribution >= 4 is 16.8 Å². The van der Waals surface area contributed by atoms with Gasteiger partial charge in [0.1, 0.15) is 0 Å². The van der Waals surface area contributed by atoms with Crippen LogP contribution < -0.4 is 15.4 Å². The number of amides is 2. The molecule has 2 amide bonds. The van der Waals surface area contributed by atoms with Gasteiger partial charge in [-0.2, -0.15) is 0 Å². The number of nitrogens with one attached hydrogen (secondary N) is 2. The van der Waals surface area contributed by atoms with E-state index < -0.39 is 10.8 Å². The fourth-order valence-electron chi connectivity index (χ4n) is 1.61. The molecule has 0 aliphatic heterocycles. The highest BCUT2D eigenvalue weighted by molar-refractivity contribution is 7.84. The lowest BCUT2D eigenvalue weighted by Gasteiger charge is -2.10. The van der Waals surface area contributed by atoms with Crippen molar-refractivity contribution in [2.45, 2.75) is 38.5 Å². The zero-order valence-corrected chi connectivity index (χ0v) is 14.2. The van der Waals surface area contributed by atoms with Crippen LogP contribution in [0.5, 0.6) is 5.88 Å². The maximum Gasteiger partial charge on any atom is 0.315 e. The normalized spacial score (nSPS) is 13.2. The van der Waals surface area contributed by atoms with Crippen LogP contribution in [0.3, 0.4) is 0 Å². The molecule has 1 aromatic rings. The van der Waals surface area contributed by atoms with E-state index in [1.54, 1.807) is 18.5 Å². The van der Waals surface area contributed by atoms with Gasteiger partial charge in [0.25, 0.3) is 0 Å². The molecule has 0 aliphatic carbocycles. The van der Waals surface area contributed by atoms with E-state index in [1.165, 1.54) is 0 Å². The van der Waals surface area contributed by atoms with Crippen molar-refractivity contribution in [3.8, 4) is 5.88 Å². The first-order valence-electron chi connectivity index (χ1n) is 7.44. The molecule has 1 aromatic heterocycles. The lowest BCUT2D eigenvalue weighted by Crippen LogP contribution is -2.36. The van der Waals surface area contributed by atoms with E-state index in [1.807, 2.05) is 19.9 Å². The Morgan fingerprint density at radius 3 is 2.77 bits per heavy atom. The predicted molar refractivity (Wildman–Crippen MR) is 88.4 cm³/mol. The molecule has 0 saturated carbocycles. The summed E-state index contributed by atoms with van der Waals surface area (Å²) in [4.78, 5) is 15.8.